The van der Waals surface area contributed by atoms with Crippen LogP contribution >= 0.6 is 11.6 Å². The maximum Gasteiger partial charge on any atom is 0.0355 e. The van der Waals surface area contributed by atoms with E-state index < -0.39 is 0 Å². The zero-order chi connectivity index (χ0) is 4.12. The fraction of sp³-hybridized carbons (Fsp3) is 1.00. The second-order valence-corrected chi connectivity index (χ2v) is 2.38. The van der Waals surface area contributed by atoms with Crippen LogP contribution in [0, 0.1) is 0 Å². The van der Waals surface area contributed by atoms with Crippen molar-refractivity contribution in [2.45, 2.75) is 12.6 Å². The van der Waals surface area contributed by atoms with E-state index >= 15 is 0 Å². The standard InChI is InChI=1S/C3H7ClSi/c1-5-3-2-4/h2-3H2,1H3. The van der Waals surface area contributed by atoms with Crippen LogP contribution in [0.3, 0.4) is 0 Å². The highest BCUT2D eigenvalue weighted by molar-refractivity contribution is 6.36. The van der Waals surface area contributed by atoms with Gasteiger partial charge in [-0.25, -0.2) is 0 Å². The van der Waals surface area contributed by atoms with Crippen LogP contribution < -0.4 is 0 Å². The maximum atomic E-state index is 5.31. The minimum atomic E-state index is 0.828. The van der Waals surface area contributed by atoms with Crippen LogP contribution in [0.5, 0.6) is 0 Å². The Kier molecular flexibility index (Phi) is 4.96. The molecule has 0 fully saturated rings. The van der Waals surface area contributed by atoms with E-state index in [0.29, 0.717) is 0 Å². The van der Waals surface area contributed by atoms with Gasteiger partial charge in [-0.2, -0.15) is 0 Å². The normalized spacial score (nSPS) is 8.40. The van der Waals surface area contributed by atoms with E-state index in [1.165, 1.54) is 6.04 Å². The van der Waals surface area contributed by atoms with Gasteiger partial charge in [-0.05, 0) is 6.04 Å². The Morgan fingerprint density at radius 1 is 1.80 bits per heavy atom. The fourth-order valence-corrected chi connectivity index (χ4v) is 0.850. The van der Waals surface area contributed by atoms with Crippen molar-refractivity contribution >= 4 is 21.1 Å². The van der Waals surface area contributed by atoms with Crippen molar-refractivity contribution in [2.24, 2.45) is 0 Å². The Bertz CT molecular complexity index is 14.4. The highest BCUT2D eigenvalue weighted by atomic mass is 35.5. The summed E-state index contributed by atoms with van der Waals surface area (Å²) in [6.07, 6.45) is 0. The minimum Gasteiger partial charge on any atom is -0.127 e. The van der Waals surface area contributed by atoms with Gasteiger partial charge in [0.25, 0.3) is 0 Å². The van der Waals surface area contributed by atoms with Crippen LogP contribution in [-0.2, 0) is 0 Å². The topological polar surface area (TPSA) is 0 Å². The van der Waals surface area contributed by atoms with Gasteiger partial charge in [0.05, 0.1) is 0 Å². The number of hydrogen-bond acceptors (Lipinski definition) is 0. The number of halogens is 1. The van der Waals surface area contributed by atoms with Gasteiger partial charge >= 0.3 is 0 Å². The molecule has 0 heterocycles. The molecule has 0 N–H and O–H groups in total. The molecule has 0 nitrogen and oxygen atoms in total. The summed E-state index contributed by atoms with van der Waals surface area (Å²) < 4.78 is 0. The average Bonchev–Trinajstić information content (AvgIpc) is 1.41. The van der Waals surface area contributed by atoms with Gasteiger partial charge in [-0.1, -0.05) is 6.55 Å². The molecule has 2 heteroatoms. The monoisotopic (exact) mass is 106 g/mol. The van der Waals surface area contributed by atoms with Gasteiger partial charge < -0.3 is 0 Å². The molecule has 30 valence electrons. The summed E-state index contributed by atoms with van der Waals surface area (Å²) >= 11 is 5.31. The van der Waals surface area contributed by atoms with Crippen LogP contribution in [0.2, 0.25) is 12.6 Å². The molecule has 0 saturated heterocycles. The molecule has 0 bridgehead atoms. The maximum absolute atomic E-state index is 5.31. The third kappa shape index (κ3) is 4.51. The summed E-state index contributed by atoms with van der Waals surface area (Å²) in [6.45, 7) is 2.16. The lowest BCUT2D eigenvalue weighted by atomic mass is 11.0. The van der Waals surface area contributed by atoms with Crippen LogP contribution in [0.4, 0.5) is 0 Å². The summed E-state index contributed by atoms with van der Waals surface area (Å²) in [7, 11) is 1.03. The predicted molar refractivity (Wildman–Crippen MR) is 27.1 cm³/mol. The van der Waals surface area contributed by atoms with Crippen molar-refractivity contribution in [2.75, 3.05) is 5.88 Å². The third-order valence-corrected chi connectivity index (χ3v) is 1.60. The summed E-state index contributed by atoms with van der Waals surface area (Å²) in [4.78, 5) is 0. The lowest BCUT2D eigenvalue weighted by Crippen LogP contribution is -1.77. The van der Waals surface area contributed by atoms with Gasteiger partial charge in [-0.15, -0.1) is 11.6 Å². The lowest BCUT2D eigenvalue weighted by Gasteiger charge is -1.75. The van der Waals surface area contributed by atoms with Crippen molar-refractivity contribution in [1.29, 1.82) is 0 Å². The molecule has 0 rings (SSSR count). The Balaban J connectivity index is 2.19. The molecule has 0 aromatic rings. The summed E-state index contributed by atoms with van der Waals surface area (Å²) in [5.41, 5.74) is 0. The quantitative estimate of drug-likeness (QED) is 0.369. The second-order valence-electron chi connectivity index (χ2n) is 0.793. The zero-order valence-corrected chi connectivity index (χ0v) is 5.05. The van der Waals surface area contributed by atoms with E-state index in [0.717, 1.165) is 15.4 Å². The SMILES string of the molecule is C[Si]CCCl. The Labute approximate surface area is 40.3 Å². The number of rotatable bonds is 2. The van der Waals surface area contributed by atoms with E-state index in [9.17, 15) is 0 Å². The average molecular weight is 107 g/mol. The molecule has 0 aromatic heterocycles. The minimum absolute atomic E-state index is 0.828. The summed E-state index contributed by atoms with van der Waals surface area (Å²) in [5, 5.41) is 0. The Morgan fingerprint density at radius 2 is 2.40 bits per heavy atom. The van der Waals surface area contributed by atoms with Gasteiger partial charge in [0.2, 0.25) is 0 Å². The highest BCUT2D eigenvalue weighted by Gasteiger charge is 1.72. The molecule has 0 amide bonds. The first kappa shape index (κ1) is 5.51. The summed E-state index contributed by atoms with van der Waals surface area (Å²) in [5.74, 6) is 0.828. The van der Waals surface area contributed by atoms with Gasteiger partial charge in [-0.3, -0.25) is 0 Å². The van der Waals surface area contributed by atoms with Crippen molar-refractivity contribution < 1.29 is 0 Å². The first-order valence-corrected chi connectivity index (χ1v) is 3.86. The molecule has 0 saturated carbocycles. The highest BCUT2D eigenvalue weighted by Crippen LogP contribution is 1.79. The predicted octanol–water partition coefficient (Wildman–Crippen LogP) is 1.40. The first-order chi connectivity index (χ1) is 2.41. The smallest absolute Gasteiger partial charge is 0.0355 e. The van der Waals surface area contributed by atoms with Crippen molar-refractivity contribution in [3.05, 3.63) is 0 Å². The van der Waals surface area contributed by atoms with Crippen LogP contribution in [-0.4, -0.2) is 15.4 Å². The molecule has 0 atom stereocenters. The Morgan fingerprint density at radius 3 is 2.40 bits per heavy atom. The molecule has 0 aromatic carbocycles. The van der Waals surface area contributed by atoms with Crippen LogP contribution in [0.1, 0.15) is 0 Å². The largest absolute Gasteiger partial charge is 0.127 e. The fourth-order valence-electron chi connectivity index (χ4n) is 0.0945. The Hall–Kier alpha value is 0.507. The molecule has 0 unspecified atom stereocenters. The molecule has 2 radical (unpaired) electrons. The zero-order valence-electron chi connectivity index (χ0n) is 3.29. The molecular weight excluding hydrogens is 99.6 g/mol. The van der Waals surface area contributed by atoms with E-state index in [4.69, 9.17) is 11.6 Å². The summed E-state index contributed by atoms with van der Waals surface area (Å²) in [6, 6.07) is 1.18. The number of alkyl halides is 1. The van der Waals surface area contributed by atoms with Crippen LogP contribution in [0.15, 0.2) is 0 Å². The molecule has 5 heavy (non-hydrogen) atoms. The van der Waals surface area contributed by atoms with Gasteiger partial charge in [0.1, 0.15) is 0 Å². The van der Waals surface area contributed by atoms with Crippen molar-refractivity contribution in [3.63, 3.8) is 0 Å². The van der Waals surface area contributed by atoms with E-state index in [2.05, 4.69) is 6.55 Å². The molecule has 0 spiro atoms. The third-order valence-electron chi connectivity index (χ3n) is 0.344. The molecule has 0 aliphatic heterocycles. The van der Waals surface area contributed by atoms with E-state index in [1.54, 1.807) is 0 Å². The molecular formula is C3H7ClSi. The van der Waals surface area contributed by atoms with E-state index in [-0.39, 0.29) is 0 Å². The van der Waals surface area contributed by atoms with Crippen molar-refractivity contribution in [3.8, 4) is 0 Å². The van der Waals surface area contributed by atoms with Gasteiger partial charge in [0.15, 0.2) is 0 Å². The second kappa shape index (κ2) is 4.51. The molecule has 0 aliphatic rings. The van der Waals surface area contributed by atoms with Crippen molar-refractivity contribution in [1.82, 2.24) is 0 Å². The van der Waals surface area contributed by atoms with Crippen LogP contribution in [0.25, 0.3) is 0 Å². The lowest BCUT2D eigenvalue weighted by molar-refractivity contribution is 1.46. The molecule has 0 aliphatic carbocycles. The van der Waals surface area contributed by atoms with Gasteiger partial charge in [0, 0.05) is 15.4 Å². The van der Waals surface area contributed by atoms with E-state index in [1.807, 2.05) is 0 Å². The number of hydrogen-bond donors (Lipinski definition) is 0. The first-order valence-electron chi connectivity index (χ1n) is 1.62.